The Morgan fingerprint density at radius 1 is 1.04 bits per heavy atom. The Labute approximate surface area is 153 Å². The second-order valence-electron chi connectivity index (χ2n) is 5.62. The molecular weight excluding hydrogens is 346 g/mol. The number of nitrogens with zero attached hydrogens (tertiary/aromatic N) is 5. The van der Waals surface area contributed by atoms with Crippen LogP contribution in [-0.4, -0.2) is 26.0 Å². The second kappa shape index (κ2) is 7.04. The Hall–Kier alpha value is -4.07. The molecule has 4 rings (SSSR count). The first-order chi connectivity index (χ1) is 13.2. The third-order valence-corrected chi connectivity index (χ3v) is 3.84. The maximum Gasteiger partial charge on any atom is 0.270 e. The van der Waals surface area contributed by atoms with Crippen LogP contribution in [0.25, 0.3) is 22.7 Å². The zero-order valence-corrected chi connectivity index (χ0v) is 14.0. The number of rotatable bonds is 5. The van der Waals surface area contributed by atoms with Gasteiger partial charge in [-0.3, -0.25) is 10.1 Å². The normalized spacial score (nSPS) is 11.1. The molecule has 0 atom stereocenters. The molecule has 0 radical (unpaired) electrons. The van der Waals surface area contributed by atoms with Crippen molar-refractivity contribution in [2.24, 2.45) is 5.10 Å². The van der Waals surface area contributed by atoms with E-state index < -0.39 is 4.92 Å². The van der Waals surface area contributed by atoms with Crippen molar-refractivity contribution in [1.29, 1.82) is 0 Å². The lowest BCUT2D eigenvalue weighted by Gasteiger charge is -1.99. The van der Waals surface area contributed by atoms with Gasteiger partial charge < -0.3 is 4.42 Å². The average Bonchev–Trinajstić information content (AvgIpc) is 3.36. The van der Waals surface area contributed by atoms with E-state index in [0.717, 1.165) is 5.56 Å². The first kappa shape index (κ1) is 16.4. The van der Waals surface area contributed by atoms with Crippen LogP contribution in [0.2, 0.25) is 0 Å². The molecule has 0 saturated carbocycles. The number of aromatic nitrogens is 3. The van der Waals surface area contributed by atoms with E-state index in [-0.39, 0.29) is 5.69 Å². The van der Waals surface area contributed by atoms with Gasteiger partial charge in [0.15, 0.2) is 5.82 Å². The van der Waals surface area contributed by atoms with E-state index in [9.17, 15) is 10.1 Å². The van der Waals surface area contributed by atoms with Crippen LogP contribution in [0.5, 0.6) is 0 Å². The number of benzene rings is 2. The molecule has 2 heterocycles. The van der Waals surface area contributed by atoms with Crippen LogP contribution < -0.4 is 0 Å². The zero-order chi connectivity index (χ0) is 18.6. The highest BCUT2D eigenvalue weighted by molar-refractivity contribution is 5.77. The Kier molecular flexibility index (Phi) is 4.28. The van der Waals surface area contributed by atoms with Gasteiger partial charge in [0, 0.05) is 23.3 Å². The van der Waals surface area contributed by atoms with E-state index in [0.29, 0.717) is 22.9 Å². The van der Waals surface area contributed by atoms with Gasteiger partial charge in [-0.2, -0.15) is 9.78 Å². The molecule has 0 unspecified atom stereocenters. The Bertz CT molecular complexity index is 1120. The molecule has 0 aliphatic heterocycles. The van der Waals surface area contributed by atoms with Crippen molar-refractivity contribution in [3.63, 3.8) is 0 Å². The van der Waals surface area contributed by atoms with Gasteiger partial charge in [0.05, 0.1) is 11.1 Å². The van der Waals surface area contributed by atoms with E-state index in [1.165, 1.54) is 24.7 Å². The van der Waals surface area contributed by atoms with Crippen molar-refractivity contribution in [2.45, 2.75) is 0 Å². The fourth-order valence-corrected chi connectivity index (χ4v) is 2.56. The molecule has 8 nitrogen and oxygen atoms in total. The van der Waals surface area contributed by atoms with Crippen molar-refractivity contribution in [3.8, 4) is 22.7 Å². The van der Waals surface area contributed by atoms with E-state index in [1.807, 2.05) is 30.3 Å². The molecule has 0 aliphatic carbocycles. The van der Waals surface area contributed by atoms with E-state index >= 15 is 0 Å². The number of nitro benzene ring substituents is 1. The second-order valence-corrected chi connectivity index (χ2v) is 5.62. The molecule has 132 valence electrons. The predicted molar refractivity (Wildman–Crippen MR) is 99.2 cm³/mol. The Morgan fingerprint density at radius 2 is 1.85 bits per heavy atom. The monoisotopic (exact) mass is 359 g/mol. The molecule has 0 N–H and O–H groups in total. The number of furan rings is 1. The van der Waals surface area contributed by atoms with Gasteiger partial charge >= 0.3 is 0 Å². The molecule has 27 heavy (non-hydrogen) atoms. The van der Waals surface area contributed by atoms with Crippen LogP contribution in [0.3, 0.4) is 0 Å². The summed E-state index contributed by atoms with van der Waals surface area (Å²) < 4.78 is 7.27. The van der Waals surface area contributed by atoms with Crippen molar-refractivity contribution in [2.75, 3.05) is 0 Å². The summed E-state index contributed by atoms with van der Waals surface area (Å²) in [4.78, 5) is 10.5. The van der Waals surface area contributed by atoms with E-state index in [2.05, 4.69) is 15.3 Å². The summed E-state index contributed by atoms with van der Waals surface area (Å²) in [5.74, 6) is 1.63. The van der Waals surface area contributed by atoms with Crippen molar-refractivity contribution in [3.05, 3.63) is 88.9 Å². The summed E-state index contributed by atoms with van der Waals surface area (Å²) in [5.41, 5.74) is 1.53. The predicted octanol–water partition coefficient (Wildman–Crippen LogP) is 4.00. The minimum Gasteiger partial charge on any atom is -0.455 e. The largest absolute Gasteiger partial charge is 0.455 e. The molecule has 0 bridgehead atoms. The quantitative estimate of drug-likeness (QED) is 0.305. The highest BCUT2D eigenvalue weighted by Crippen LogP contribution is 2.25. The highest BCUT2D eigenvalue weighted by Gasteiger charge is 2.10. The molecule has 0 aliphatic rings. The summed E-state index contributed by atoms with van der Waals surface area (Å²) in [7, 11) is 0. The fraction of sp³-hybridized carbons (Fsp3) is 0. The smallest absolute Gasteiger partial charge is 0.270 e. The van der Waals surface area contributed by atoms with Gasteiger partial charge in [0.1, 0.15) is 17.8 Å². The van der Waals surface area contributed by atoms with Gasteiger partial charge in [-0.05, 0) is 12.1 Å². The molecule has 0 saturated heterocycles. The standard InChI is InChI=1S/C19H13N5O3/c25-24(26)16-8-4-7-15(11-16)18-10-9-17(27-18)12-21-23-13-20-22-19(23)14-5-2-1-3-6-14/h1-13H/b21-12-. The van der Waals surface area contributed by atoms with Gasteiger partial charge in [-0.1, -0.05) is 42.5 Å². The Balaban J connectivity index is 1.58. The first-order valence-corrected chi connectivity index (χ1v) is 8.05. The number of hydrogen-bond acceptors (Lipinski definition) is 6. The summed E-state index contributed by atoms with van der Waals surface area (Å²) in [6.45, 7) is 0. The van der Waals surface area contributed by atoms with Crippen LogP contribution >= 0.6 is 0 Å². The SMILES string of the molecule is O=[N+]([O-])c1cccc(-c2ccc(/C=N\n3cnnc3-c3ccccc3)o2)c1. The van der Waals surface area contributed by atoms with Crippen LogP contribution in [-0.2, 0) is 0 Å². The maximum atomic E-state index is 10.9. The fourth-order valence-electron chi connectivity index (χ4n) is 2.56. The summed E-state index contributed by atoms with van der Waals surface area (Å²) in [5, 5.41) is 23.2. The van der Waals surface area contributed by atoms with Crippen molar-refractivity contribution < 1.29 is 9.34 Å². The number of hydrogen-bond donors (Lipinski definition) is 0. The van der Waals surface area contributed by atoms with Crippen molar-refractivity contribution >= 4 is 11.9 Å². The molecule has 2 aromatic heterocycles. The zero-order valence-electron chi connectivity index (χ0n) is 14.0. The van der Waals surface area contributed by atoms with Crippen LogP contribution in [0, 0.1) is 10.1 Å². The van der Waals surface area contributed by atoms with Gasteiger partial charge in [0.2, 0.25) is 0 Å². The lowest BCUT2D eigenvalue weighted by Crippen LogP contribution is -1.92. The lowest BCUT2D eigenvalue weighted by molar-refractivity contribution is -0.384. The molecule has 0 fully saturated rings. The summed E-state index contributed by atoms with van der Waals surface area (Å²) >= 11 is 0. The molecule has 0 spiro atoms. The van der Waals surface area contributed by atoms with Crippen LogP contribution in [0.4, 0.5) is 5.69 Å². The molecular formula is C19H13N5O3. The van der Waals surface area contributed by atoms with Gasteiger partial charge in [-0.15, -0.1) is 10.2 Å². The van der Waals surface area contributed by atoms with E-state index in [1.54, 1.807) is 28.9 Å². The maximum absolute atomic E-state index is 10.9. The molecule has 0 amide bonds. The molecule has 8 heteroatoms. The van der Waals surface area contributed by atoms with E-state index in [4.69, 9.17) is 4.42 Å². The minimum absolute atomic E-state index is 0.0103. The molecule has 2 aromatic carbocycles. The first-order valence-electron chi connectivity index (χ1n) is 8.05. The minimum atomic E-state index is -0.439. The topological polar surface area (TPSA) is 99.3 Å². The highest BCUT2D eigenvalue weighted by atomic mass is 16.6. The van der Waals surface area contributed by atoms with Crippen LogP contribution in [0.15, 0.2) is 82.6 Å². The van der Waals surface area contributed by atoms with Gasteiger partial charge in [-0.25, -0.2) is 0 Å². The average molecular weight is 359 g/mol. The van der Waals surface area contributed by atoms with Crippen LogP contribution in [0.1, 0.15) is 5.76 Å². The Morgan fingerprint density at radius 3 is 2.67 bits per heavy atom. The third kappa shape index (κ3) is 3.49. The number of nitro groups is 1. The lowest BCUT2D eigenvalue weighted by atomic mass is 10.1. The third-order valence-electron chi connectivity index (χ3n) is 3.84. The number of non-ortho nitro benzene ring substituents is 1. The van der Waals surface area contributed by atoms with Crippen molar-refractivity contribution in [1.82, 2.24) is 14.9 Å². The summed E-state index contributed by atoms with van der Waals surface area (Å²) in [6.07, 6.45) is 3.04. The summed E-state index contributed by atoms with van der Waals surface area (Å²) in [6, 6.07) is 19.3. The molecule has 4 aromatic rings. The van der Waals surface area contributed by atoms with Gasteiger partial charge in [0.25, 0.3) is 5.69 Å².